The van der Waals surface area contributed by atoms with E-state index in [0.29, 0.717) is 63.5 Å². The Morgan fingerprint density at radius 2 is 0.657 bits per heavy atom. The number of aliphatic hydroxyl groups is 9. The number of unbranched alkanes of at least 4 members (excludes halogenated alkanes) is 3. The van der Waals surface area contributed by atoms with E-state index in [0.717, 1.165) is 0 Å². The maximum Gasteiger partial charge on any atom is 0.251 e. The van der Waals surface area contributed by atoms with Gasteiger partial charge in [0.2, 0.25) is 53.2 Å². The molecule has 3 saturated heterocycles. The number of nitrogens with one attached hydrogen (secondary N) is 10. The van der Waals surface area contributed by atoms with Crippen LogP contribution in [0.1, 0.15) is 127 Å². The van der Waals surface area contributed by atoms with E-state index in [2.05, 4.69) is 53.2 Å². The average molecular weight is 1550 g/mol. The number of methoxy groups -OCH3 is 1. The lowest BCUT2D eigenvalue weighted by Gasteiger charge is -2.42. The number of rotatable bonds is 54. The van der Waals surface area contributed by atoms with Crippen molar-refractivity contribution in [3.8, 4) is 5.75 Å². The molecule has 108 heavy (non-hydrogen) atoms. The van der Waals surface area contributed by atoms with Crippen LogP contribution < -0.4 is 57.9 Å². The molecule has 4 rings (SSSR count). The number of hydrogen-bond donors (Lipinski definition) is 19. The zero-order chi connectivity index (χ0) is 79.4. The summed E-state index contributed by atoms with van der Waals surface area (Å²) in [5, 5.41) is 118. The molecule has 19 N–H and O–H groups in total. The van der Waals surface area contributed by atoms with E-state index < -0.39 is 141 Å². The molecule has 3 fully saturated rings. The van der Waals surface area contributed by atoms with Crippen LogP contribution in [0.5, 0.6) is 5.75 Å². The second kappa shape index (κ2) is 52.2. The molecule has 0 bridgehead atoms. The average Bonchev–Trinajstić information content (AvgIpc) is 0.819. The summed E-state index contributed by atoms with van der Waals surface area (Å²) in [5.74, 6) is -3.51. The standard InChI is InChI=1S/C69H116N10O29/c1-42(83)76-56-62(95)59(92)47(36-80)106-66(56)103-30-8-5-14-50(86)70-24-11-27-73-53(89)21-33-100-39-69(79-65(98)45-17-19-46(99-4)20-18-45,40-101-34-22-54(90)74-28-12-25-71-51(87)15-6-9-31-104-67-57(77-43(2)84)63(96)60(93)48(37-81)107-67)41-102-35-23-55(91)75-29-13-26-72-52(88)16-7-10-32-105-68-58(78-44(3)85)64(97)61(94)49(38-82)108-68/h17-20,47-49,56-64,66-68,80-82,92-97H,5-16,21-41H2,1-4H3,(H,70,86)(H,71,87)(H,72,88)(H,73,89)(H,74,90)(H,75,91)(H,76,83)(H,77,84)(H,78,85)(H,79,98). The van der Waals surface area contributed by atoms with Gasteiger partial charge in [-0.2, -0.15) is 0 Å². The molecule has 3 heterocycles. The molecule has 10 amide bonds. The van der Waals surface area contributed by atoms with Gasteiger partial charge in [0.25, 0.3) is 5.91 Å². The van der Waals surface area contributed by atoms with Crippen molar-refractivity contribution < 1.29 is 141 Å². The smallest absolute Gasteiger partial charge is 0.251 e. The number of ether oxygens (including phenoxy) is 10. The van der Waals surface area contributed by atoms with Crippen LogP contribution in [0.25, 0.3) is 0 Å². The van der Waals surface area contributed by atoms with E-state index in [1.54, 1.807) is 12.1 Å². The van der Waals surface area contributed by atoms with E-state index in [-0.39, 0.29) is 178 Å². The van der Waals surface area contributed by atoms with Crippen LogP contribution in [-0.2, 0) is 85.8 Å². The quantitative estimate of drug-likeness (QED) is 0.0270. The lowest BCUT2D eigenvalue weighted by Crippen LogP contribution is -2.64. The summed E-state index contributed by atoms with van der Waals surface area (Å²) in [6.07, 6.45) is -12.1. The Balaban J connectivity index is 1.25. The van der Waals surface area contributed by atoms with Gasteiger partial charge in [-0.05, 0) is 82.1 Å². The van der Waals surface area contributed by atoms with Gasteiger partial charge in [0.15, 0.2) is 18.9 Å². The molecule has 616 valence electrons. The highest BCUT2D eigenvalue weighted by Crippen LogP contribution is 2.26. The van der Waals surface area contributed by atoms with Gasteiger partial charge in [-0.25, -0.2) is 0 Å². The number of hydrogen-bond acceptors (Lipinski definition) is 29. The molecular formula is C69H116N10O29. The minimum atomic E-state index is -1.50. The molecule has 15 unspecified atom stereocenters. The topological polar surface area (TPSA) is 565 Å². The molecule has 15 atom stereocenters. The van der Waals surface area contributed by atoms with Crippen molar-refractivity contribution in [2.24, 2.45) is 0 Å². The van der Waals surface area contributed by atoms with Crippen LogP contribution >= 0.6 is 0 Å². The van der Waals surface area contributed by atoms with E-state index in [1.165, 1.54) is 40.0 Å². The lowest BCUT2D eigenvalue weighted by atomic mass is 9.97. The number of benzene rings is 1. The van der Waals surface area contributed by atoms with Crippen LogP contribution in [-0.4, -0.2) is 328 Å². The van der Waals surface area contributed by atoms with Crippen LogP contribution in [0.3, 0.4) is 0 Å². The zero-order valence-electron chi connectivity index (χ0n) is 62.0. The van der Waals surface area contributed by atoms with Crippen molar-refractivity contribution in [3.63, 3.8) is 0 Å². The molecule has 39 heteroatoms. The Morgan fingerprint density at radius 3 is 0.917 bits per heavy atom. The lowest BCUT2D eigenvalue weighted by molar-refractivity contribution is -0.270. The summed E-state index contributed by atoms with van der Waals surface area (Å²) in [5.41, 5.74) is -1.29. The highest BCUT2D eigenvalue weighted by atomic mass is 16.7. The predicted molar refractivity (Wildman–Crippen MR) is 377 cm³/mol. The summed E-state index contributed by atoms with van der Waals surface area (Å²) >= 11 is 0. The summed E-state index contributed by atoms with van der Waals surface area (Å²) in [6, 6.07) is 2.94. The largest absolute Gasteiger partial charge is 0.497 e. The number of amides is 10. The first-order chi connectivity index (χ1) is 51.7. The van der Waals surface area contributed by atoms with Gasteiger partial charge < -0.3 is 146 Å². The predicted octanol–water partition coefficient (Wildman–Crippen LogP) is -6.36. The SMILES string of the molecule is COc1ccc(C(=O)NC(COCCC(=O)NCCCNC(=O)CCCCOC2OC(CO)C(O)C(O)C2NC(C)=O)(COCCC(=O)NCCCNC(=O)CCCCOC2OC(CO)C(O)C(O)C2NC(C)=O)COCCC(=O)NCCCNC(=O)CCCCOC2OC(CO)C(O)C(O)C2NC(C)=O)cc1. The number of carbonyl (C=O) groups excluding carboxylic acids is 10. The van der Waals surface area contributed by atoms with E-state index in [9.17, 15) is 93.9 Å². The molecule has 3 aliphatic heterocycles. The van der Waals surface area contributed by atoms with Crippen LogP contribution in [0.2, 0.25) is 0 Å². The van der Waals surface area contributed by atoms with Gasteiger partial charge in [0, 0.05) is 124 Å². The Hall–Kier alpha value is -7.00. The Bertz CT molecular complexity index is 2610. The van der Waals surface area contributed by atoms with Gasteiger partial charge in [0.05, 0.1) is 66.6 Å². The third-order valence-electron chi connectivity index (χ3n) is 17.3. The minimum absolute atomic E-state index is 0.0766. The minimum Gasteiger partial charge on any atom is -0.497 e. The molecule has 39 nitrogen and oxygen atoms in total. The van der Waals surface area contributed by atoms with E-state index >= 15 is 0 Å². The molecule has 1 aromatic carbocycles. The van der Waals surface area contributed by atoms with Gasteiger partial charge >= 0.3 is 0 Å². The van der Waals surface area contributed by atoms with Crippen molar-refractivity contribution in [2.75, 3.05) is 126 Å². The molecule has 0 saturated carbocycles. The highest BCUT2D eigenvalue weighted by molar-refractivity contribution is 5.95. The monoisotopic (exact) mass is 1550 g/mol. The van der Waals surface area contributed by atoms with Crippen LogP contribution in [0, 0.1) is 0 Å². The maximum absolute atomic E-state index is 14.0. The third-order valence-corrected chi connectivity index (χ3v) is 17.3. The van der Waals surface area contributed by atoms with E-state index in [4.69, 9.17) is 47.4 Å². The summed E-state index contributed by atoms with van der Waals surface area (Å²) in [6.45, 7) is 2.11. The van der Waals surface area contributed by atoms with Gasteiger partial charge in [0.1, 0.15) is 84.3 Å². The zero-order valence-corrected chi connectivity index (χ0v) is 62.0. The maximum atomic E-state index is 14.0. The normalized spacial score (nSPS) is 24.5. The first-order valence-corrected chi connectivity index (χ1v) is 36.6. The second-order valence-electron chi connectivity index (χ2n) is 26.3. The number of aliphatic hydroxyl groups excluding tert-OH is 9. The van der Waals surface area contributed by atoms with Crippen molar-refractivity contribution in [1.29, 1.82) is 0 Å². The molecule has 0 radical (unpaired) electrons. The van der Waals surface area contributed by atoms with Crippen LogP contribution in [0.15, 0.2) is 24.3 Å². The third kappa shape index (κ3) is 35.4. The summed E-state index contributed by atoms with van der Waals surface area (Å²) in [7, 11) is 1.47. The second-order valence-corrected chi connectivity index (χ2v) is 26.3. The Kier molecular flexibility index (Phi) is 45.2. The van der Waals surface area contributed by atoms with Crippen molar-refractivity contribution in [1.82, 2.24) is 53.2 Å². The highest BCUT2D eigenvalue weighted by Gasteiger charge is 2.48. The summed E-state index contributed by atoms with van der Waals surface area (Å²) in [4.78, 5) is 126. The first kappa shape index (κ1) is 93.4. The van der Waals surface area contributed by atoms with Gasteiger partial charge in [-0.15, -0.1) is 0 Å². The van der Waals surface area contributed by atoms with Crippen molar-refractivity contribution in [2.45, 2.75) is 215 Å². The molecule has 3 aliphatic rings. The Labute approximate surface area is 627 Å². The van der Waals surface area contributed by atoms with Gasteiger partial charge in [-0.3, -0.25) is 47.9 Å². The number of carbonyl (C=O) groups is 10. The van der Waals surface area contributed by atoms with Crippen LogP contribution in [0.4, 0.5) is 0 Å². The first-order valence-electron chi connectivity index (χ1n) is 36.6. The van der Waals surface area contributed by atoms with Crippen molar-refractivity contribution in [3.05, 3.63) is 29.8 Å². The van der Waals surface area contributed by atoms with Crippen molar-refractivity contribution >= 4 is 59.1 Å². The fraction of sp³-hybridized carbons (Fsp3) is 0.768. The molecule has 0 spiro atoms. The Morgan fingerprint density at radius 1 is 0.380 bits per heavy atom. The molecule has 0 aliphatic carbocycles. The fourth-order valence-corrected chi connectivity index (χ4v) is 11.3. The molecular weight excluding hydrogens is 1430 g/mol. The molecule has 0 aromatic heterocycles. The fourth-order valence-electron chi connectivity index (χ4n) is 11.3. The summed E-state index contributed by atoms with van der Waals surface area (Å²) < 4.78 is 57.2. The van der Waals surface area contributed by atoms with Gasteiger partial charge in [-0.1, -0.05) is 0 Å². The van der Waals surface area contributed by atoms with E-state index in [1.807, 2.05) is 0 Å². The molecule has 1 aromatic rings.